The largest absolute Gasteiger partial charge is 0.456 e. The lowest BCUT2D eigenvalue weighted by Crippen LogP contribution is -2.18. The molecule has 0 aliphatic heterocycles. The van der Waals surface area contributed by atoms with Gasteiger partial charge in [0.2, 0.25) is 0 Å². The van der Waals surface area contributed by atoms with Crippen LogP contribution >= 0.6 is 11.3 Å². The molecule has 4 heteroatoms. The van der Waals surface area contributed by atoms with E-state index in [2.05, 4.69) is 216 Å². The lowest BCUT2D eigenvalue weighted by Gasteiger charge is -2.30. The van der Waals surface area contributed by atoms with Crippen LogP contribution in [-0.4, -0.2) is 0 Å². The monoisotopic (exact) mass is 798 g/mol. The second-order valence-corrected chi connectivity index (χ2v) is 16.8. The van der Waals surface area contributed by atoms with E-state index < -0.39 is 0 Å². The van der Waals surface area contributed by atoms with E-state index in [1.165, 1.54) is 53.0 Å². The topological polar surface area (TPSA) is 19.6 Å². The Balaban J connectivity index is 1.03. The van der Waals surface area contributed by atoms with Gasteiger partial charge in [0.05, 0.1) is 0 Å². The Hall–Kier alpha value is -7.66. The molecule has 0 amide bonds. The minimum Gasteiger partial charge on any atom is -0.456 e. The van der Waals surface area contributed by atoms with Crippen LogP contribution in [0.3, 0.4) is 0 Å². The molecule has 0 saturated heterocycles. The standard InChI is InChI=1S/C57H38N2OS/c1-3-14-38(15-4-1)47-21-8-7-16-41(47)37-58(44-30-31-57-53(34-44)49-23-10-12-25-56(49)61-57)43-19-13-20-45(33-43)59(42-17-5-2-6-18-42)46-29-28-39-26-27-40-32-55-52(36-51(40)50(39)35-46)48-22-9-11-24-54(48)60-55/h1-36H,37H2. The molecule has 61 heavy (non-hydrogen) atoms. The zero-order valence-corrected chi connectivity index (χ0v) is 34.0. The summed E-state index contributed by atoms with van der Waals surface area (Å²) in [6.45, 7) is 0.687. The van der Waals surface area contributed by atoms with Gasteiger partial charge >= 0.3 is 0 Å². The van der Waals surface area contributed by atoms with Gasteiger partial charge in [-0.3, -0.25) is 0 Å². The molecule has 0 N–H and O–H groups in total. The van der Waals surface area contributed by atoms with Crippen molar-refractivity contribution in [2.45, 2.75) is 6.54 Å². The number of benzene rings is 10. The first kappa shape index (κ1) is 35.3. The minimum atomic E-state index is 0.687. The summed E-state index contributed by atoms with van der Waals surface area (Å²) in [5.74, 6) is 0. The Labute approximate surface area is 357 Å². The van der Waals surface area contributed by atoms with Crippen molar-refractivity contribution in [3.05, 3.63) is 224 Å². The van der Waals surface area contributed by atoms with Crippen LogP contribution in [-0.2, 0) is 6.54 Å². The normalized spacial score (nSPS) is 11.7. The van der Waals surface area contributed by atoms with E-state index in [0.29, 0.717) is 6.54 Å². The van der Waals surface area contributed by atoms with E-state index in [4.69, 9.17) is 4.42 Å². The summed E-state index contributed by atoms with van der Waals surface area (Å²) in [6, 6.07) is 79.2. The Kier molecular flexibility index (Phi) is 8.43. The van der Waals surface area contributed by atoms with Crippen molar-refractivity contribution in [1.82, 2.24) is 0 Å². The second-order valence-electron chi connectivity index (χ2n) is 15.7. The van der Waals surface area contributed by atoms with E-state index in [1.54, 1.807) is 0 Å². The molecule has 0 radical (unpaired) electrons. The summed E-state index contributed by atoms with van der Waals surface area (Å²) in [5.41, 5.74) is 11.1. The maximum Gasteiger partial charge on any atom is 0.136 e. The Morgan fingerprint density at radius 3 is 1.89 bits per heavy atom. The number of hydrogen-bond donors (Lipinski definition) is 0. The summed E-state index contributed by atoms with van der Waals surface area (Å²) < 4.78 is 8.91. The van der Waals surface area contributed by atoms with Gasteiger partial charge in [0.1, 0.15) is 11.2 Å². The van der Waals surface area contributed by atoms with Crippen molar-refractivity contribution in [2.75, 3.05) is 9.80 Å². The fourth-order valence-electron chi connectivity index (χ4n) is 9.17. The predicted octanol–water partition coefficient (Wildman–Crippen LogP) is 16.7. The molecular weight excluding hydrogens is 761 g/mol. The Morgan fingerprint density at radius 1 is 0.361 bits per heavy atom. The van der Waals surface area contributed by atoms with Crippen molar-refractivity contribution in [3.63, 3.8) is 0 Å². The molecule has 0 aliphatic rings. The first-order valence-corrected chi connectivity index (χ1v) is 21.6. The van der Waals surface area contributed by atoms with Gasteiger partial charge in [-0.2, -0.15) is 0 Å². The molecule has 0 spiro atoms. The molecule has 10 aromatic carbocycles. The Morgan fingerprint density at radius 2 is 0.984 bits per heavy atom. The molecular formula is C57H38N2OS. The third-order valence-electron chi connectivity index (χ3n) is 12.1. The molecule has 0 unspecified atom stereocenters. The molecule has 12 aromatic rings. The zero-order chi connectivity index (χ0) is 40.3. The van der Waals surface area contributed by atoms with E-state index in [-0.39, 0.29) is 0 Å². The first-order chi connectivity index (χ1) is 30.2. The summed E-state index contributed by atoms with van der Waals surface area (Å²) in [6.07, 6.45) is 0. The average Bonchev–Trinajstić information content (AvgIpc) is 3.88. The van der Waals surface area contributed by atoms with Gasteiger partial charge in [0, 0.05) is 65.9 Å². The van der Waals surface area contributed by atoms with Crippen LogP contribution < -0.4 is 9.80 Å². The van der Waals surface area contributed by atoms with Gasteiger partial charge in [0.25, 0.3) is 0 Å². The lowest BCUT2D eigenvalue weighted by atomic mass is 9.98. The highest BCUT2D eigenvalue weighted by Gasteiger charge is 2.20. The van der Waals surface area contributed by atoms with Crippen LogP contribution in [0.2, 0.25) is 0 Å². The smallest absolute Gasteiger partial charge is 0.136 e. The summed E-state index contributed by atoms with van der Waals surface area (Å²) in [4.78, 5) is 4.87. The van der Waals surface area contributed by atoms with Crippen LogP contribution in [0.1, 0.15) is 5.56 Å². The molecule has 0 fully saturated rings. The van der Waals surface area contributed by atoms with Crippen molar-refractivity contribution >= 4 is 103 Å². The van der Waals surface area contributed by atoms with E-state index in [0.717, 1.165) is 55.8 Å². The van der Waals surface area contributed by atoms with Gasteiger partial charge in [-0.15, -0.1) is 11.3 Å². The third-order valence-corrected chi connectivity index (χ3v) is 13.2. The fourth-order valence-corrected chi connectivity index (χ4v) is 10.3. The number of rotatable bonds is 8. The molecule has 0 saturated carbocycles. The van der Waals surface area contributed by atoms with Crippen LogP contribution in [0.15, 0.2) is 223 Å². The van der Waals surface area contributed by atoms with E-state index in [1.807, 2.05) is 23.5 Å². The molecule has 2 heterocycles. The van der Waals surface area contributed by atoms with Gasteiger partial charge < -0.3 is 14.2 Å². The fraction of sp³-hybridized carbons (Fsp3) is 0.0175. The number of para-hydroxylation sites is 2. The minimum absolute atomic E-state index is 0.687. The van der Waals surface area contributed by atoms with E-state index in [9.17, 15) is 0 Å². The third kappa shape index (κ3) is 6.19. The number of nitrogens with zero attached hydrogens (tertiary/aromatic N) is 2. The average molecular weight is 799 g/mol. The van der Waals surface area contributed by atoms with Gasteiger partial charge in [-0.25, -0.2) is 0 Å². The highest BCUT2D eigenvalue weighted by molar-refractivity contribution is 7.25. The van der Waals surface area contributed by atoms with Crippen molar-refractivity contribution in [2.24, 2.45) is 0 Å². The van der Waals surface area contributed by atoms with Crippen molar-refractivity contribution in [1.29, 1.82) is 0 Å². The van der Waals surface area contributed by atoms with Gasteiger partial charge in [-0.1, -0.05) is 133 Å². The van der Waals surface area contributed by atoms with Crippen LogP contribution in [0.4, 0.5) is 28.4 Å². The van der Waals surface area contributed by atoms with Crippen molar-refractivity contribution in [3.8, 4) is 11.1 Å². The molecule has 0 atom stereocenters. The molecule has 3 nitrogen and oxygen atoms in total. The number of anilines is 5. The quantitative estimate of drug-likeness (QED) is 0.143. The second kappa shape index (κ2) is 14.6. The SMILES string of the molecule is c1ccc(-c2ccccc2CN(c2cccc(N(c3ccccc3)c3ccc4ccc5cc6oc7ccccc7c6cc5c4c3)c2)c2ccc3sc4ccccc4c3c2)cc1. The van der Waals surface area contributed by atoms with Crippen molar-refractivity contribution < 1.29 is 4.42 Å². The first-order valence-electron chi connectivity index (χ1n) is 20.8. The summed E-state index contributed by atoms with van der Waals surface area (Å²) >= 11 is 1.86. The van der Waals surface area contributed by atoms with Crippen LogP contribution in [0.5, 0.6) is 0 Å². The summed E-state index contributed by atoms with van der Waals surface area (Å²) in [5, 5.41) is 9.62. The van der Waals surface area contributed by atoms with Gasteiger partial charge in [-0.05, 0) is 123 Å². The highest BCUT2D eigenvalue weighted by atomic mass is 32.1. The van der Waals surface area contributed by atoms with E-state index >= 15 is 0 Å². The zero-order valence-electron chi connectivity index (χ0n) is 33.2. The molecule has 0 bridgehead atoms. The highest BCUT2D eigenvalue weighted by Crippen LogP contribution is 2.43. The molecule has 12 rings (SSSR count). The van der Waals surface area contributed by atoms with Gasteiger partial charge in [0.15, 0.2) is 0 Å². The maximum absolute atomic E-state index is 6.30. The van der Waals surface area contributed by atoms with Crippen LogP contribution in [0.25, 0.3) is 74.8 Å². The Bertz CT molecular complexity index is 3590. The number of furan rings is 1. The molecule has 288 valence electrons. The maximum atomic E-state index is 6.30. The molecule has 2 aromatic heterocycles. The summed E-state index contributed by atoms with van der Waals surface area (Å²) in [7, 11) is 0. The number of fused-ring (bicyclic) bond motifs is 9. The lowest BCUT2D eigenvalue weighted by molar-refractivity contribution is 0.669. The number of thiophene rings is 1. The predicted molar refractivity (Wildman–Crippen MR) is 260 cm³/mol. The molecule has 0 aliphatic carbocycles. The number of hydrogen-bond acceptors (Lipinski definition) is 4. The van der Waals surface area contributed by atoms with Crippen LogP contribution in [0, 0.1) is 0 Å².